The van der Waals surface area contributed by atoms with Crippen LogP contribution >= 0.6 is 0 Å². The van der Waals surface area contributed by atoms with E-state index >= 15 is 0 Å². The van der Waals surface area contributed by atoms with Gasteiger partial charge in [-0.25, -0.2) is 0 Å². The molecule has 122 valence electrons. The van der Waals surface area contributed by atoms with Crippen LogP contribution in [0.25, 0.3) is 0 Å². The van der Waals surface area contributed by atoms with Crippen molar-refractivity contribution >= 4 is 7.69 Å². The summed E-state index contributed by atoms with van der Waals surface area (Å²) in [6.45, 7) is 3.44. The molecule has 0 N–H and O–H groups in total. The van der Waals surface area contributed by atoms with Crippen molar-refractivity contribution in [2.24, 2.45) is 0 Å². The van der Waals surface area contributed by atoms with Gasteiger partial charge < -0.3 is 18.8 Å². The van der Waals surface area contributed by atoms with Gasteiger partial charge in [0, 0.05) is 0 Å². The Hall–Kier alpha value is -2.44. The van der Waals surface area contributed by atoms with Gasteiger partial charge in [-0.1, -0.05) is 12.1 Å². The Bertz CT molecular complexity index is 647. The van der Waals surface area contributed by atoms with E-state index in [9.17, 15) is 8.78 Å². The van der Waals surface area contributed by atoms with Crippen LogP contribution in [0.5, 0.6) is 23.0 Å². The van der Waals surface area contributed by atoms with Gasteiger partial charge in [0.1, 0.15) is 11.5 Å². The average molecular weight is 322 g/mol. The second-order valence-electron chi connectivity index (χ2n) is 4.86. The lowest BCUT2D eigenvalue weighted by molar-refractivity contribution is 0.360. The van der Waals surface area contributed by atoms with Crippen LogP contribution in [0.2, 0.25) is 0 Å². The molecule has 0 aliphatic rings. The third kappa shape index (κ3) is 3.49. The topological polar surface area (TPSA) is 36.9 Å². The Balaban J connectivity index is 2.09. The average Bonchev–Trinajstić information content (AvgIpc) is 2.52. The summed E-state index contributed by atoms with van der Waals surface area (Å²) in [6, 6.07) is 6.24. The number of ether oxygens (including phenoxy) is 2. The minimum atomic E-state index is -0.627. The molecular weight excluding hydrogens is 305 g/mol. The maximum absolute atomic E-state index is 14.1. The smallest absolute Gasteiger partial charge is 0.526 e. The van der Waals surface area contributed by atoms with Gasteiger partial charge >= 0.3 is 7.69 Å². The highest BCUT2D eigenvalue weighted by Crippen LogP contribution is 2.31. The van der Waals surface area contributed by atoms with Crippen LogP contribution < -0.4 is 18.8 Å². The lowest BCUT2D eigenvalue weighted by Crippen LogP contribution is -2.13. The fraction of sp³-hybridized carbons (Fsp3) is 0.250. The molecular formula is C16H17BF2O4. The molecule has 0 aliphatic heterocycles. The van der Waals surface area contributed by atoms with E-state index in [0.717, 1.165) is 0 Å². The molecule has 0 saturated carbocycles. The molecule has 0 aliphatic carbocycles. The number of halogens is 2. The van der Waals surface area contributed by atoms with Gasteiger partial charge in [0.2, 0.25) is 11.6 Å². The van der Waals surface area contributed by atoms with Gasteiger partial charge in [-0.15, -0.1) is 0 Å². The van der Waals surface area contributed by atoms with Crippen LogP contribution in [0.3, 0.4) is 0 Å². The molecule has 0 spiro atoms. The Labute approximate surface area is 134 Å². The van der Waals surface area contributed by atoms with Crippen LogP contribution in [-0.2, 0) is 0 Å². The van der Waals surface area contributed by atoms with Crippen LogP contribution in [0.4, 0.5) is 8.78 Å². The summed E-state index contributed by atoms with van der Waals surface area (Å²) in [4.78, 5) is 0. The molecule has 0 amide bonds. The zero-order valence-electron chi connectivity index (χ0n) is 13.4. The van der Waals surface area contributed by atoms with Crippen molar-refractivity contribution in [1.82, 2.24) is 0 Å². The molecule has 0 radical (unpaired) electrons. The summed E-state index contributed by atoms with van der Waals surface area (Å²) >= 11 is 0. The lowest BCUT2D eigenvalue weighted by atomic mass is 10.2. The quantitative estimate of drug-likeness (QED) is 0.765. The summed E-state index contributed by atoms with van der Waals surface area (Å²) in [7, 11) is 2.39. The summed E-state index contributed by atoms with van der Waals surface area (Å²) < 4.78 is 48.6. The van der Waals surface area contributed by atoms with Crippen LogP contribution in [0.1, 0.15) is 11.1 Å². The molecule has 2 aromatic rings. The third-order valence-electron chi connectivity index (χ3n) is 3.35. The van der Waals surface area contributed by atoms with Crippen LogP contribution in [-0.4, -0.2) is 21.9 Å². The molecule has 0 fully saturated rings. The summed E-state index contributed by atoms with van der Waals surface area (Å²) in [5.74, 6) is -1.12. The molecule has 2 aromatic carbocycles. The number of rotatable bonds is 6. The number of benzene rings is 2. The molecule has 0 heterocycles. The van der Waals surface area contributed by atoms with Crippen molar-refractivity contribution in [2.75, 3.05) is 14.2 Å². The van der Waals surface area contributed by atoms with Crippen molar-refractivity contribution < 1.29 is 27.6 Å². The molecule has 7 heteroatoms. The SMILES string of the molecule is COc1c(C)ccc(OBOc2ccc(C)c(OC)c2F)c1F. The molecule has 0 aromatic heterocycles. The Morgan fingerprint density at radius 3 is 1.48 bits per heavy atom. The largest absolute Gasteiger partial charge is 0.576 e. The minimum absolute atomic E-state index is 0.0352. The zero-order valence-corrected chi connectivity index (χ0v) is 13.4. The Morgan fingerprint density at radius 2 is 1.13 bits per heavy atom. The third-order valence-corrected chi connectivity index (χ3v) is 3.35. The fourth-order valence-corrected chi connectivity index (χ4v) is 2.15. The van der Waals surface area contributed by atoms with Crippen LogP contribution in [0, 0.1) is 25.5 Å². The molecule has 2 rings (SSSR count). The van der Waals surface area contributed by atoms with Crippen molar-refractivity contribution in [3.05, 3.63) is 47.0 Å². The standard InChI is InChI=1S/C16H17BF2O4/c1-9-5-7-11(13(18)15(9)20-3)22-17-23-12-8-6-10(2)16(21-4)14(12)19/h5-8,17H,1-4H3. The number of aryl methyl sites for hydroxylation is 2. The molecule has 0 unspecified atom stereocenters. The van der Waals surface area contributed by atoms with E-state index in [1.54, 1.807) is 26.0 Å². The van der Waals surface area contributed by atoms with E-state index in [0.29, 0.717) is 11.1 Å². The van der Waals surface area contributed by atoms with Crippen molar-refractivity contribution in [3.8, 4) is 23.0 Å². The Kier molecular flexibility index (Phi) is 5.31. The molecule has 0 saturated heterocycles. The first-order chi connectivity index (χ1) is 11.0. The van der Waals surface area contributed by atoms with E-state index in [-0.39, 0.29) is 30.7 Å². The van der Waals surface area contributed by atoms with Crippen molar-refractivity contribution in [1.29, 1.82) is 0 Å². The van der Waals surface area contributed by atoms with Gasteiger partial charge in [0.15, 0.2) is 11.5 Å². The molecule has 0 atom stereocenters. The van der Waals surface area contributed by atoms with Crippen molar-refractivity contribution in [2.45, 2.75) is 13.8 Å². The number of hydrogen-bond donors (Lipinski definition) is 0. The highest BCUT2D eigenvalue weighted by Gasteiger charge is 2.16. The highest BCUT2D eigenvalue weighted by atomic mass is 19.1. The summed E-state index contributed by atoms with van der Waals surface area (Å²) in [5.41, 5.74) is 1.29. The van der Waals surface area contributed by atoms with E-state index < -0.39 is 11.6 Å². The summed E-state index contributed by atoms with van der Waals surface area (Å²) in [6.07, 6.45) is 0. The molecule has 4 nitrogen and oxygen atoms in total. The first-order valence-electron chi connectivity index (χ1n) is 6.91. The zero-order chi connectivity index (χ0) is 17.0. The highest BCUT2D eigenvalue weighted by molar-refractivity contribution is 6.20. The predicted molar refractivity (Wildman–Crippen MR) is 83.8 cm³/mol. The maximum Gasteiger partial charge on any atom is 0.576 e. The predicted octanol–water partition coefficient (Wildman–Crippen LogP) is 3.32. The maximum atomic E-state index is 14.1. The molecule has 23 heavy (non-hydrogen) atoms. The normalized spacial score (nSPS) is 10.2. The summed E-state index contributed by atoms with van der Waals surface area (Å²) in [5, 5.41) is 0. The van der Waals surface area contributed by atoms with E-state index in [1.165, 1.54) is 26.4 Å². The first kappa shape index (κ1) is 16.9. The second-order valence-corrected chi connectivity index (χ2v) is 4.86. The van der Waals surface area contributed by atoms with Crippen molar-refractivity contribution in [3.63, 3.8) is 0 Å². The van der Waals surface area contributed by atoms with E-state index in [2.05, 4.69) is 0 Å². The van der Waals surface area contributed by atoms with Crippen LogP contribution in [0.15, 0.2) is 24.3 Å². The minimum Gasteiger partial charge on any atom is -0.526 e. The van der Waals surface area contributed by atoms with Gasteiger partial charge in [-0.05, 0) is 37.1 Å². The van der Waals surface area contributed by atoms with E-state index in [4.69, 9.17) is 18.8 Å². The Morgan fingerprint density at radius 1 is 0.739 bits per heavy atom. The van der Waals surface area contributed by atoms with Gasteiger partial charge in [-0.2, -0.15) is 8.78 Å². The lowest BCUT2D eigenvalue weighted by Gasteiger charge is -2.13. The number of hydrogen-bond acceptors (Lipinski definition) is 4. The second kappa shape index (κ2) is 7.22. The van der Waals surface area contributed by atoms with Gasteiger partial charge in [0.05, 0.1) is 14.2 Å². The molecule has 0 bridgehead atoms. The first-order valence-corrected chi connectivity index (χ1v) is 6.91. The fourth-order valence-electron chi connectivity index (χ4n) is 2.15. The van der Waals surface area contributed by atoms with Gasteiger partial charge in [-0.3, -0.25) is 0 Å². The van der Waals surface area contributed by atoms with Gasteiger partial charge in [0.25, 0.3) is 0 Å². The monoisotopic (exact) mass is 322 g/mol. The number of methoxy groups -OCH3 is 2. The van der Waals surface area contributed by atoms with E-state index in [1.807, 2.05) is 0 Å².